The lowest BCUT2D eigenvalue weighted by Gasteiger charge is -2.19. The molecule has 2 aromatic rings. The molecule has 128 valence electrons. The lowest BCUT2D eigenvalue weighted by Crippen LogP contribution is -2.32. The number of aromatic nitrogens is 1. The Kier molecular flexibility index (Phi) is 6.30. The Bertz CT molecular complexity index is 797. The average Bonchev–Trinajstić information content (AvgIpc) is 2.53. The standard InChI is InChI=1S/C16H18ClN3O3S/c1-24(22,23)20(12-13-5-4-9-18-11-13)10-8-16(21)19-15-7-3-2-6-14(15)17/h2-7,9,11H,8,10,12H2,1H3,(H,19,21). The smallest absolute Gasteiger partial charge is 0.225 e. The predicted octanol–water partition coefficient (Wildman–Crippen LogP) is 2.53. The molecule has 0 aliphatic rings. The van der Waals surface area contributed by atoms with Gasteiger partial charge >= 0.3 is 0 Å². The normalized spacial score (nSPS) is 11.5. The van der Waals surface area contributed by atoms with E-state index in [1.165, 1.54) is 4.31 Å². The zero-order valence-corrected chi connectivity index (χ0v) is 14.7. The number of nitrogens with zero attached hydrogens (tertiary/aromatic N) is 2. The summed E-state index contributed by atoms with van der Waals surface area (Å²) in [5.74, 6) is -0.303. The van der Waals surface area contributed by atoms with E-state index >= 15 is 0 Å². The van der Waals surface area contributed by atoms with Crippen LogP contribution < -0.4 is 5.32 Å². The summed E-state index contributed by atoms with van der Waals surface area (Å²) >= 11 is 5.98. The molecule has 1 aromatic heterocycles. The second-order valence-electron chi connectivity index (χ2n) is 5.24. The molecule has 1 aromatic carbocycles. The van der Waals surface area contributed by atoms with Crippen molar-refractivity contribution in [1.82, 2.24) is 9.29 Å². The van der Waals surface area contributed by atoms with Gasteiger partial charge in [0.15, 0.2) is 0 Å². The number of rotatable bonds is 7. The summed E-state index contributed by atoms with van der Waals surface area (Å²) in [7, 11) is -3.44. The van der Waals surface area contributed by atoms with E-state index in [0.29, 0.717) is 10.7 Å². The van der Waals surface area contributed by atoms with Crippen LogP contribution >= 0.6 is 11.6 Å². The molecule has 24 heavy (non-hydrogen) atoms. The first-order chi connectivity index (χ1) is 11.4. The molecular weight excluding hydrogens is 350 g/mol. The fourth-order valence-electron chi connectivity index (χ4n) is 2.06. The maximum atomic E-state index is 12.0. The summed E-state index contributed by atoms with van der Waals surface area (Å²) in [6.07, 6.45) is 4.36. The van der Waals surface area contributed by atoms with Crippen molar-refractivity contribution >= 4 is 33.2 Å². The van der Waals surface area contributed by atoms with Crippen LogP contribution in [0.3, 0.4) is 0 Å². The molecule has 1 N–H and O–H groups in total. The molecule has 1 heterocycles. The van der Waals surface area contributed by atoms with Crippen molar-refractivity contribution in [2.24, 2.45) is 0 Å². The van der Waals surface area contributed by atoms with E-state index in [1.807, 2.05) is 0 Å². The Hall–Kier alpha value is -1.96. The first-order valence-corrected chi connectivity index (χ1v) is 9.47. The van der Waals surface area contributed by atoms with Gasteiger partial charge in [0.2, 0.25) is 15.9 Å². The van der Waals surface area contributed by atoms with Crippen molar-refractivity contribution < 1.29 is 13.2 Å². The molecule has 8 heteroatoms. The Labute approximate surface area is 146 Å². The number of sulfonamides is 1. The van der Waals surface area contributed by atoms with Crippen molar-refractivity contribution in [3.05, 3.63) is 59.4 Å². The monoisotopic (exact) mass is 367 g/mol. The summed E-state index contributed by atoms with van der Waals surface area (Å²) in [6.45, 7) is 0.246. The lowest BCUT2D eigenvalue weighted by atomic mass is 10.2. The number of para-hydroxylation sites is 1. The van der Waals surface area contributed by atoms with E-state index < -0.39 is 10.0 Å². The topological polar surface area (TPSA) is 79.4 Å². The molecule has 0 atom stereocenters. The minimum Gasteiger partial charge on any atom is -0.325 e. The molecule has 0 spiro atoms. The highest BCUT2D eigenvalue weighted by molar-refractivity contribution is 7.88. The molecule has 0 fully saturated rings. The number of benzene rings is 1. The van der Waals surface area contributed by atoms with Crippen LogP contribution in [0.2, 0.25) is 5.02 Å². The van der Waals surface area contributed by atoms with Gasteiger partial charge in [-0.2, -0.15) is 4.31 Å². The molecule has 6 nitrogen and oxygen atoms in total. The highest BCUT2D eigenvalue weighted by Crippen LogP contribution is 2.20. The summed E-state index contributed by atoms with van der Waals surface area (Å²) in [5, 5.41) is 3.11. The molecule has 0 unspecified atom stereocenters. The van der Waals surface area contributed by atoms with Crippen molar-refractivity contribution in [2.75, 3.05) is 18.1 Å². The third-order valence-corrected chi connectivity index (χ3v) is 4.87. The van der Waals surface area contributed by atoms with Crippen LogP contribution in [0.25, 0.3) is 0 Å². The molecule has 0 saturated heterocycles. The Morgan fingerprint density at radius 1 is 1.25 bits per heavy atom. The molecule has 0 aliphatic carbocycles. The molecule has 1 amide bonds. The fraction of sp³-hybridized carbons (Fsp3) is 0.250. The Balaban J connectivity index is 1.98. The number of hydrogen-bond acceptors (Lipinski definition) is 4. The number of carbonyl (C=O) groups excluding carboxylic acids is 1. The second kappa shape index (κ2) is 8.23. The van der Waals surface area contributed by atoms with E-state index in [4.69, 9.17) is 11.6 Å². The van der Waals surface area contributed by atoms with Crippen LogP contribution in [-0.4, -0.2) is 36.4 Å². The van der Waals surface area contributed by atoms with Gasteiger partial charge in [-0.3, -0.25) is 9.78 Å². The minimum absolute atomic E-state index is 0.0263. The maximum absolute atomic E-state index is 12.0. The van der Waals surface area contributed by atoms with Gasteiger partial charge < -0.3 is 5.32 Å². The third-order valence-electron chi connectivity index (χ3n) is 3.29. The van der Waals surface area contributed by atoms with Gasteiger partial charge in [0, 0.05) is 31.9 Å². The first-order valence-electron chi connectivity index (χ1n) is 7.24. The Morgan fingerprint density at radius 3 is 2.62 bits per heavy atom. The molecule has 2 rings (SSSR count). The maximum Gasteiger partial charge on any atom is 0.225 e. The number of nitrogens with one attached hydrogen (secondary N) is 1. The summed E-state index contributed by atoms with van der Waals surface area (Å²) < 4.78 is 25.1. The van der Waals surface area contributed by atoms with Gasteiger partial charge in [0.25, 0.3) is 0 Å². The van der Waals surface area contributed by atoms with Crippen LogP contribution in [0.4, 0.5) is 5.69 Å². The van der Waals surface area contributed by atoms with E-state index in [-0.39, 0.29) is 25.4 Å². The molecular formula is C16H18ClN3O3S. The molecule has 0 saturated carbocycles. The zero-order valence-electron chi connectivity index (χ0n) is 13.1. The third kappa shape index (κ3) is 5.59. The quantitative estimate of drug-likeness (QED) is 0.815. The number of pyridine rings is 1. The Morgan fingerprint density at radius 2 is 2.00 bits per heavy atom. The zero-order chi connectivity index (χ0) is 17.6. The number of halogens is 1. The van der Waals surface area contributed by atoms with Crippen LogP contribution in [0, 0.1) is 0 Å². The fourth-order valence-corrected chi connectivity index (χ4v) is 3.05. The highest BCUT2D eigenvalue weighted by Gasteiger charge is 2.18. The summed E-state index contributed by atoms with van der Waals surface area (Å²) in [6, 6.07) is 10.4. The van der Waals surface area contributed by atoms with E-state index in [0.717, 1.165) is 11.8 Å². The number of hydrogen-bond donors (Lipinski definition) is 1. The van der Waals surface area contributed by atoms with Crippen molar-refractivity contribution in [3.8, 4) is 0 Å². The van der Waals surface area contributed by atoms with E-state index in [2.05, 4.69) is 10.3 Å². The SMILES string of the molecule is CS(=O)(=O)N(CCC(=O)Nc1ccccc1Cl)Cc1cccnc1. The van der Waals surface area contributed by atoms with Gasteiger partial charge in [-0.15, -0.1) is 0 Å². The van der Waals surface area contributed by atoms with E-state index in [9.17, 15) is 13.2 Å². The lowest BCUT2D eigenvalue weighted by molar-refractivity contribution is -0.116. The van der Waals surface area contributed by atoms with Crippen LogP contribution in [0.15, 0.2) is 48.8 Å². The highest BCUT2D eigenvalue weighted by atomic mass is 35.5. The molecule has 0 radical (unpaired) electrons. The van der Waals surface area contributed by atoms with Gasteiger partial charge in [-0.05, 0) is 23.8 Å². The molecule has 0 bridgehead atoms. The van der Waals surface area contributed by atoms with Gasteiger partial charge in [0.05, 0.1) is 17.0 Å². The van der Waals surface area contributed by atoms with Gasteiger partial charge in [0.1, 0.15) is 0 Å². The van der Waals surface area contributed by atoms with Crippen LogP contribution in [0.1, 0.15) is 12.0 Å². The largest absolute Gasteiger partial charge is 0.325 e. The van der Waals surface area contributed by atoms with Gasteiger partial charge in [-0.25, -0.2) is 8.42 Å². The average molecular weight is 368 g/mol. The molecule has 0 aliphatic heterocycles. The van der Waals surface area contributed by atoms with Crippen molar-refractivity contribution in [3.63, 3.8) is 0 Å². The van der Waals surface area contributed by atoms with Crippen molar-refractivity contribution in [2.45, 2.75) is 13.0 Å². The first kappa shape index (κ1) is 18.4. The summed E-state index contributed by atoms with van der Waals surface area (Å²) in [5.41, 5.74) is 1.26. The van der Waals surface area contributed by atoms with E-state index in [1.54, 1.807) is 48.8 Å². The number of amides is 1. The number of carbonyl (C=O) groups is 1. The second-order valence-corrected chi connectivity index (χ2v) is 7.63. The minimum atomic E-state index is -3.44. The van der Waals surface area contributed by atoms with Crippen LogP contribution in [0.5, 0.6) is 0 Å². The predicted molar refractivity (Wildman–Crippen MR) is 94.2 cm³/mol. The number of anilines is 1. The summed E-state index contributed by atoms with van der Waals surface area (Å²) in [4.78, 5) is 16.0. The van der Waals surface area contributed by atoms with Crippen molar-refractivity contribution in [1.29, 1.82) is 0 Å². The van der Waals surface area contributed by atoms with Crippen LogP contribution in [-0.2, 0) is 21.4 Å². The van der Waals surface area contributed by atoms with Gasteiger partial charge in [-0.1, -0.05) is 29.8 Å².